The van der Waals surface area contributed by atoms with Crippen LogP contribution in [0, 0.1) is 17.8 Å². The molecule has 0 bridgehead atoms. The van der Waals surface area contributed by atoms with Crippen molar-refractivity contribution in [3.63, 3.8) is 0 Å². The Balaban J connectivity index is 3.54. The van der Waals surface area contributed by atoms with Crippen LogP contribution in [0.4, 0.5) is 0 Å². The Kier molecular flexibility index (Phi) is 14.7. The standard InChI is InChI=1S/C21H42S/c1-18(2)10-7-11-19(3)12-8-13-20(4)14-9-15-21(5)16-17-22-6/h16,18-20H,7-15,17H2,1-6H3/b21-16+/t19-,20-/m1/s1. The first kappa shape index (κ1) is 22.1. The molecule has 0 aromatic heterocycles. The molecule has 0 radical (unpaired) electrons. The summed E-state index contributed by atoms with van der Waals surface area (Å²) in [5.74, 6) is 3.90. The molecule has 0 aliphatic carbocycles. The van der Waals surface area contributed by atoms with E-state index in [-0.39, 0.29) is 0 Å². The van der Waals surface area contributed by atoms with Crippen LogP contribution in [-0.4, -0.2) is 12.0 Å². The lowest BCUT2D eigenvalue weighted by Gasteiger charge is -2.15. The lowest BCUT2D eigenvalue weighted by atomic mass is 9.91. The molecule has 0 unspecified atom stereocenters. The zero-order chi connectivity index (χ0) is 16.8. The largest absolute Gasteiger partial charge is 0.161 e. The average molecular weight is 327 g/mol. The summed E-state index contributed by atoms with van der Waals surface area (Å²) in [5.41, 5.74) is 1.58. The minimum atomic E-state index is 0.876. The fourth-order valence-electron chi connectivity index (χ4n) is 3.04. The molecule has 0 saturated heterocycles. The molecular weight excluding hydrogens is 284 g/mol. The molecule has 0 aliphatic rings. The zero-order valence-corrected chi connectivity index (χ0v) is 17.1. The molecule has 0 N–H and O–H groups in total. The second kappa shape index (κ2) is 14.7. The van der Waals surface area contributed by atoms with Crippen molar-refractivity contribution in [2.45, 2.75) is 92.4 Å². The molecule has 0 aliphatic heterocycles. The van der Waals surface area contributed by atoms with E-state index in [1.165, 1.54) is 63.5 Å². The topological polar surface area (TPSA) is 0 Å². The molecule has 0 aromatic rings. The molecule has 0 heterocycles. The third-order valence-corrected chi connectivity index (χ3v) is 5.24. The highest BCUT2D eigenvalue weighted by Crippen LogP contribution is 2.22. The van der Waals surface area contributed by atoms with Gasteiger partial charge in [-0.1, -0.05) is 84.3 Å². The van der Waals surface area contributed by atoms with E-state index in [0.29, 0.717) is 0 Å². The molecule has 0 aromatic carbocycles. The quantitative estimate of drug-likeness (QED) is 0.294. The Hall–Kier alpha value is 0.0900. The van der Waals surface area contributed by atoms with Gasteiger partial charge in [0.15, 0.2) is 0 Å². The summed E-state index contributed by atoms with van der Waals surface area (Å²) in [5, 5.41) is 0. The van der Waals surface area contributed by atoms with Crippen molar-refractivity contribution in [3.05, 3.63) is 11.6 Å². The lowest BCUT2D eigenvalue weighted by molar-refractivity contribution is 0.389. The van der Waals surface area contributed by atoms with Crippen LogP contribution in [-0.2, 0) is 0 Å². The molecule has 22 heavy (non-hydrogen) atoms. The Morgan fingerprint density at radius 2 is 1.32 bits per heavy atom. The van der Waals surface area contributed by atoms with Crippen LogP contribution in [0.3, 0.4) is 0 Å². The summed E-state index contributed by atoms with van der Waals surface area (Å²) in [6, 6.07) is 0. The van der Waals surface area contributed by atoms with Crippen molar-refractivity contribution in [1.29, 1.82) is 0 Å². The van der Waals surface area contributed by atoms with Gasteiger partial charge >= 0.3 is 0 Å². The van der Waals surface area contributed by atoms with E-state index >= 15 is 0 Å². The van der Waals surface area contributed by atoms with Gasteiger partial charge in [-0.05, 0) is 43.8 Å². The summed E-state index contributed by atoms with van der Waals surface area (Å²) in [7, 11) is 0. The minimum Gasteiger partial charge on any atom is -0.161 e. The third kappa shape index (κ3) is 15.0. The van der Waals surface area contributed by atoms with Crippen LogP contribution < -0.4 is 0 Å². The second-order valence-electron chi connectivity index (χ2n) is 7.86. The van der Waals surface area contributed by atoms with Gasteiger partial charge in [0.1, 0.15) is 0 Å². The molecule has 2 atom stereocenters. The van der Waals surface area contributed by atoms with E-state index in [1.54, 1.807) is 5.57 Å². The van der Waals surface area contributed by atoms with Crippen molar-refractivity contribution < 1.29 is 0 Å². The van der Waals surface area contributed by atoms with E-state index in [1.807, 2.05) is 11.8 Å². The normalized spacial score (nSPS) is 15.3. The van der Waals surface area contributed by atoms with Gasteiger partial charge in [0.25, 0.3) is 0 Å². The lowest BCUT2D eigenvalue weighted by Crippen LogP contribution is -2.00. The number of thioether (sulfide) groups is 1. The Labute approximate surface area is 145 Å². The first-order chi connectivity index (χ1) is 10.5. The van der Waals surface area contributed by atoms with Crippen molar-refractivity contribution in [1.82, 2.24) is 0 Å². The molecule has 0 fully saturated rings. The molecular formula is C21H42S. The SMILES string of the molecule is CSC/C=C(\C)CCC[C@H](C)CCC[C@H](C)CCCC(C)C. The number of allylic oxidation sites excluding steroid dienone is 1. The molecule has 0 amide bonds. The third-order valence-electron chi connectivity index (χ3n) is 4.74. The summed E-state index contributed by atoms with van der Waals surface area (Å²) in [6.45, 7) is 11.9. The first-order valence-corrected chi connectivity index (χ1v) is 11.0. The van der Waals surface area contributed by atoms with Crippen LogP contribution in [0.25, 0.3) is 0 Å². The van der Waals surface area contributed by atoms with Crippen LogP contribution in [0.1, 0.15) is 92.4 Å². The van der Waals surface area contributed by atoms with Crippen molar-refractivity contribution in [2.24, 2.45) is 17.8 Å². The Bertz CT molecular complexity index is 267. The van der Waals surface area contributed by atoms with E-state index in [4.69, 9.17) is 0 Å². The van der Waals surface area contributed by atoms with E-state index < -0.39 is 0 Å². The van der Waals surface area contributed by atoms with Crippen LogP contribution in [0.5, 0.6) is 0 Å². The molecule has 0 saturated carbocycles. The highest BCUT2D eigenvalue weighted by Gasteiger charge is 2.06. The van der Waals surface area contributed by atoms with Crippen LogP contribution >= 0.6 is 11.8 Å². The van der Waals surface area contributed by atoms with Gasteiger partial charge in [0.05, 0.1) is 0 Å². The maximum atomic E-state index is 2.45. The maximum absolute atomic E-state index is 2.45. The summed E-state index contributed by atoms with van der Waals surface area (Å²) in [6.07, 6.45) is 17.2. The molecule has 0 nitrogen and oxygen atoms in total. The number of hydrogen-bond acceptors (Lipinski definition) is 1. The number of rotatable bonds is 14. The van der Waals surface area contributed by atoms with E-state index in [0.717, 1.165) is 17.8 Å². The maximum Gasteiger partial charge on any atom is 0.0113 e. The minimum absolute atomic E-state index is 0.876. The average Bonchev–Trinajstić information content (AvgIpc) is 2.44. The predicted molar refractivity (Wildman–Crippen MR) is 107 cm³/mol. The Morgan fingerprint density at radius 1 is 0.818 bits per heavy atom. The van der Waals surface area contributed by atoms with E-state index in [2.05, 4.69) is 47.0 Å². The first-order valence-electron chi connectivity index (χ1n) is 9.60. The van der Waals surface area contributed by atoms with Gasteiger partial charge in [-0.25, -0.2) is 0 Å². The van der Waals surface area contributed by atoms with Crippen LogP contribution in [0.15, 0.2) is 11.6 Å². The van der Waals surface area contributed by atoms with E-state index in [9.17, 15) is 0 Å². The fourth-order valence-corrected chi connectivity index (χ4v) is 3.49. The van der Waals surface area contributed by atoms with Crippen molar-refractivity contribution >= 4 is 11.8 Å². The molecule has 0 rings (SSSR count). The van der Waals surface area contributed by atoms with Gasteiger partial charge in [0.2, 0.25) is 0 Å². The monoisotopic (exact) mass is 326 g/mol. The summed E-state index contributed by atoms with van der Waals surface area (Å²) in [4.78, 5) is 0. The van der Waals surface area contributed by atoms with Gasteiger partial charge in [-0.2, -0.15) is 11.8 Å². The molecule has 132 valence electrons. The van der Waals surface area contributed by atoms with Gasteiger partial charge in [0, 0.05) is 5.75 Å². The summed E-state index contributed by atoms with van der Waals surface area (Å²) >= 11 is 1.91. The Morgan fingerprint density at radius 3 is 1.82 bits per heavy atom. The van der Waals surface area contributed by atoms with Crippen molar-refractivity contribution in [2.75, 3.05) is 12.0 Å². The zero-order valence-electron chi connectivity index (χ0n) is 16.3. The highest BCUT2D eigenvalue weighted by atomic mass is 32.2. The highest BCUT2D eigenvalue weighted by molar-refractivity contribution is 7.98. The molecule has 0 spiro atoms. The summed E-state index contributed by atoms with van der Waals surface area (Å²) < 4.78 is 0. The number of hydrogen-bond donors (Lipinski definition) is 0. The molecule has 1 heteroatoms. The fraction of sp³-hybridized carbons (Fsp3) is 0.905. The van der Waals surface area contributed by atoms with Gasteiger partial charge < -0.3 is 0 Å². The predicted octanol–water partition coefficient (Wildman–Crippen LogP) is 7.73. The van der Waals surface area contributed by atoms with Gasteiger partial charge in [-0.3, -0.25) is 0 Å². The van der Waals surface area contributed by atoms with Crippen LogP contribution in [0.2, 0.25) is 0 Å². The van der Waals surface area contributed by atoms with Gasteiger partial charge in [-0.15, -0.1) is 0 Å². The smallest absolute Gasteiger partial charge is 0.0113 e. The second-order valence-corrected chi connectivity index (χ2v) is 8.77. The van der Waals surface area contributed by atoms with Crippen molar-refractivity contribution in [3.8, 4) is 0 Å².